The molecule has 0 radical (unpaired) electrons. The molecule has 8 nitrogen and oxygen atoms in total. The summed E-state index contributed by atoms with van der Waals surface area (Å²) in [6.45, 7) is 13.1. The van der Waals surface area contributed by atoms with Crippen LogP contribution >= 0.6 is 0 Å². The molecule has 16 atom stereocenters. The molecule has 2 aliphatic carbocycles. The lowest BCUT2D eigenvalue weighted by atomic mass is 9.57. The molecule has 48 heavy (non-hydrogen) atoms. The van der Waals surface area contributed by atoms with Gasteiger partial charge in [-0.2, -0.15) is 0 Å². The molecule has 0 aromatic heterocycles. The van der Waals surface area contributed by atoms with Gasteiger partial charge in [-0.1, -0.05) is 51.4 Å². The highest BCUT2D eigenvalue weighted by Gasteiger charge is 2.70. The number of ether oxygens (including phenoxy) is 4. The summed E-state index contributed by atoms with van der Waals surface area (Å²) in [5.41, 5.74) is 0.732. The summed E-state index contributed by atoms with van der Waals surface area (Å²) >= 11 is 0. The molecule has 1 aromatic carbocycles. The first-order valence-electron chi connectivity index (χ1n) is 18.6. The van der Waals surface area contributed by atoms with E-state index in [0.717, 1.165) is 49.7 Å². The van der Waals surface area contributed by atoms with Gasteiger partial charge in [-0.15, -0.1) is 0 Å². The average Bonchev–Trinajstić information content (AvgIpc) is 3.45. The smallest absolute Gasteiger partial charge is 0.201 e. The van der Waals surface area contributed by atoms with Crippen molar-refractivity contribution in [2.75, 3.05) is 0 Å². The number of hydrogen-bond acceptors (Lipinski definition) is 8. The zero-order valence-corrected chi connectivity index (χ0v) is 29.2. The van der Waals surface area contributed by atoms with Crippen molar-refractivity contribution in [2.24, 2.45) is 47.3 Å². The monoisotopic (exact) mass is 658 g/mol. The first-order valence-corrected chi connectivity index (χ1v) is 18.6. The molecule has 2 spiro atoms. The molecule has 4 bridgehead atoms. The summed E-state index contributed by atoms with van der Waals surface area (Å²) in [5, 5.41) is 0. The van der Waals surface area contributed by atoms with Crippen LogP contribution in [0.3, 0.4) is 0 Å². The van der Waals surface area contributed by atoms with E-state index in [1.165, 1.54) is 12.8 Å². The van der Waals surface area contributed by atoms with Crippen LogP contribution in [0.25, 0.3) is 0 Å². The fourth-order valence-corrected chi connectivity index (χ4v) is 11.1. The third kappa shape index (κ3) is 4.67. The number of rotatable bonds is 0. The van der Waals surface area contributed by atoms with E-state index in [4.69, 9.17) is 38.5 Å². The fraction of sp³-hybridized carbons (Fsp3) is 0.750. The highest BCUT2D eigenvalue weighted by atomic mass is 17.3. The van der Waals surface area contributed by atoms with Crippen LogP contribution in [0.2, 0.25) is 0 Å². The van der Waals surface area contributed by atoms with E-state index in [-0.39, 0.29) is 35.9 Å². The van der Waals surface area contributed by atoms with Crippen molar-refractivity contribution >= 4 is 0 Å². The molecular formula is C40H50O8. The van der Waals surface area contributed by atoms with Gasteiger partial charge >= 0.3 is 0 Å². The first-order chi connectivity index (χ1) is 23.0. The molecule has 8 aliphatic heterocycles. The second kappa shape index (κ2) is 11.3. The maximum absolute atomic E-state index is 6.66. The van der Waals surface area contributed by atoms with Crippen LogP contribution in [0.1, 0.15) is 104 Å². The van der Waals surface area contributed by atoms with Crippen LogP contribution < -0.4 is 0 Å². The van der Waals surface area contributed by atoms with E-state index in [9.17, 15) is 0 Å². The molecule has 10 aliphatic rings. The Bertz CT molecular complexity index is 1440. The zero-order chi connectivity index (χ0) is 33.1. The van der Waals surface area contributed by atoms with Gasteiger partial charge in [0.05, 0.1) is 0 Å². The van der Waals surface area contributed by atoms with Crippen molar-refractivity contribution in [1.29, 1.82) is 0 Å². The fourth-order valence-electron chi connectivity index (χ4n) is 11.1. The van der Waals surface area contributed by atoms with Gasteiger partial charge in [-0.3, -0.25) is 0 Å². The average molecular weight is 659 g/mol. The van der Waals surface area contributed by atoms with Gasteiger partial charge in [-0.25, -0.2) is 19.6 Å². The van der Waals surface area contributed by atoms with Gasteiger partial charge in [0.15, 0.2) is 23.8 Å². The van der Waals surface area contributed by atoms with E-state index in [1.54, 1.807) is 0 Å². The van der Waals surface area contributed by atoms with Crippen molar-refractivity contribution in [2.45, 2.75) is 140 Å². The lowest BCUT2D eigenvalue weighted by Gasteiger charge is -2.59. The maximum atomic E-state index is 6.66. The Morgan fingerprint density at radius 2 is 0.958 bits per heavy atom. The Morgan fingerprint density at radius 1 is 0.542 bits per heavy atom. The lowest BCUT2D eigenvalue weighted by Crippen LogP contribution is -2.70. The SMILES string of the molecule is C[C@H]1[C@@H](C#Cc2ccc(C#C[C@H]3O[C@@H]4O[C@]5(C)CC[C@H]6[C@H](C)CC[C@@H]([C@H]3C)[C@@]46OO5)cc2)O[C@@H]2O[C@]3(C)CC[C@H]4[C@H](C)CC[C@@H]1[C@@]24OO3. The first kappa shape index (κ1) is 32.0. The summed E-state index contributed by atoms with van der Waals surface area (Å²) in [6.07, 6.45) is 6.68. The Hall–Kier alpha value is -1.98. The van der Waals surface area contributed by atoms with E-state index in [0.29, 0.717) is 23.7 Å². The maximum Gasteiger partial charge on any atom is 0.201 e. The van der Waals surface area contributed by atoms with Crippen LogP contribution in [-0.4, -0.2) is 47.6 Å². The predicted octanol–water partition coefficient (Wildman–Crippen LogP) is 6.89. The molecule has 2 saturated carbocycles. The highest BCUT2D eigenvalue weighted by Crippen LogP contribution is 2.62. The lowest BCUT2D eigenvalue weighted by molar-refractivity contribution is -0.569. The molecule has 10 fully saturated rings. The molecule has 1 aromatic rings. The molecule has 258 valence electrons. The van der Waals surface area contributed by atoms with Gasteiger partial charge in [0.1, 0.15) is 12.2 Å². The molecule has 0 unspecified atom stereocenters. The zero-order valence-electron chi connectivity index (χ0n) is 29.2. The number of hydrogen-bond donors (Lipinski definition) is 0. The Kier molecular flexibility index (Phi) is 7.50. The van der Waals surface area contributed by atoms with E-state index in [1.807, 2.05) is 38.1 Å². The normalized spacial score (nSPS) is 53.1. The van der Waals surface area contributed by atoms with Gasteiger partial charge in [0, 0.05) is 35.8 Å². The summed E-state index contributed by atoms with van der Waals surface area (Å²) in [7, 11) is 0. The topological polar surface area (TPSA) is 73.8 Å². The standard InChI is InChI=1S/C40H50O8/c1-23-7-15-31-25(3)33(41-35-39(31)29(23)19-21-37(5,43-35)45-47-39)17-13-27-9-11-28(12-10-27)14-18-34-26(4)32-16-8-24(2)30-20-22-38(6)44-36(42-34)40(30,32)48-46-38/h9-12,23-26,29-36H,7-8,15-16,19-22H2,1-6H3/t23-,24-,25-,26-,29+,30+,31+,32+,33-,34-,35-,36-,37+,38+,39-,40-/m1/s1. The van der Waals surface area contributed by atoms with Gasteiger partial charge in [-0.05, 0) is 112 Å². The van der Waals surface area contributed by atoms with Crippen molar-refractivity contribution in [3.05, 3.63) is 35.4 Å². The summed E-state index contributed by atoms with van der Waals surface area (Å²) in [5.74, 6) is 14.8. The van der Waals surface area contributed by atoms with E-state index in [2.05, 4.69) is 51.4 Å². The molecule has 8 heteroatoms. The van der Waals surface area contributed by atoms with Crippen LogP contribution in [0.5, 0.6) is 0 Å². The highest BCUT2D eigenvalue weighted by molar-refractivity contribution is 5.43. The minimum atomic E-state index is -0.783. The largest absolute Gasteiger partial charge is 0.333 e. The summed E-state index contributed by atoms with van der Waals surface area (Å²) < 4.78 is 26.3. The number of benzene rings is 1. The van der Waals surface area contributed by atoms with Crippen molar-refractivity contribution in [3.8, 4) is 23.7 Å². The molecule has 0 amide bonds. The Morgan fingerprint density at radius 3 is 1.38 bits per heavy atom. The third-order valence-electron chi connectivity index (χ3n) is 13.9. The van der Waals surface area contributed by atoms with Crippen LogP contribution in [0.15, 0.2) is 24.3 Å². The van der Waals surface area contributed by atoms with Gasteiger partial charge in [0.2, 0.25) is 11.6 Å². The van der Waals surface area contributed by atoms with Crippen LogP contribution in [0, 0.1) is 71.0 Å². The summed E-state index contributed by atoms with van der Waals surface area (Å²) in [4.78, 5) is 24.5. The van der Waals surface area contributed by atoms with Gasteiger partial charge in [0.25, 0.3) is 0 Å². The Labute approximate surface area is 285 Å². The van der Waals surface area contributed by atoms with Gasteiger partial charge < -0.3 is 18.9 Å². The van der Waals surface area contributed by atoms with Crippen molar-refractivity contribution in [3.63, 3.8) is 0 Å². The second-order valence-corrected chi connectivity index (χ2v) is 16.8. The van der Waals surface area contributed by atoms with Crippen molar-refractivity contribution < 1.29 is 38.5 Å². The molecule has 8 heterocycles. The molecular weight excluding hydrogens is 608 g/mol. The van der Waals surface area contributed by atoms with E-state index < -0.39 is 35.4 Å². The Balaban J connectivity index is 0.917. The molecule has 8 saturated heterocycles. The number of fused-ring (bicyclic) bond motifs is 4. The minimum absolute atomic E-state index is 0.190. The van der Waals surface area contributed by atoms with Crippen LogP contribution in [0.4, 0.5) is 0 Å². The molecule has 11 rings (SSSR count). The third-order valence-corrected chi connectivity index (χ3v) is 13.9. The second-order valence-electron chi connectivity index (χ2n) is 16.8. The summed E-state index contributed by atoms with van der Waals surface area (Å²) in [6, 6.07) is 8.16. The molecule has 0 N–H and O–H groups in total. The van der Waals surface area contributed by atoms with E-state index >= 15 is 0 Å². The quantitative estimate of drug-likeness (QED) is 0.221. The van der Waals surface area contributed by atoms with Crippen LogP contribution in [-0.2, 0) is 38.5 Å². The minimum Gasteiger partial charge on any atom is -0.333 e. The van der Waals surface area contributed by atoms with Crippen molar-refractivity contribution in [1.82, 2.24) is 0 Å². The predicted molar refractivity (Wildman–Crippen MR) is 174 cm³/mol.